The van der Waals surface area contributed by atoms with E-state index in [0.29, 0.717) is 62.0 Å². The maximum atomic E-state index is 12.8. The fourth-order valence-electron chi connectivity index (χ4n) is 6.59. The number of hydrogen-bond donors (Lipinski definition) is 8. The molecule has 0 spiro atoms. The lowest BCUT2D eigenvalue weighted by Gasteiger charge is -2.27. The van der Waals surface area contributed by atoms with Gasteiger partial charge in [-0.25, -0.2) is 9.59 Å². The fourth-order valence-corrected chi connectivity index (χ4v) is 6.59. The minimum Gasteiger partial charge on any atom is -0.481 e. The lowest BCUT2D eigenvalue weighted by molar-refractivity contribution is -0.201. The second kappa shape index (κ2) is 25.3. The van der Waals surface area contributed by atoms with Gasteiger partial charge in [-0.2, -0.15) is 0 Å². The zero-order valence-electron chi connectivity index (χ0n) is 34.1. The first-order valence-electron chi connectivity index (χ1n) is 20.3. The Bertz CT molecular complexity index is 1780. The Balaban J connectivity index is 1.29. The standard InChI is InChI=1S/C40H55N7O14/c1-24-7-6-8-27(21-24)37(56)42-19-4-2-9-29(39(58)59)46-32(50)23-44-38(57)28(15-18-35(53)54)45-31(49)22-43-30(48)10-3-5-20-41-36(55)25-11-13-26(14-12-25)40(60)61-47-33(51)16-17-34(47)52/h6-8,21,25-26,28-29H,2-5,9-20,22-23H2,1H3,(H,41,55)(H,42,56)(H,43,48)(H,44,57)(H,45,49)(H,46,50)(H,53,54)(H,58,59)/t25?,26?,28-,29?/m1/s1. The van der Waals surface area contributed by atoms with Crippen LogP contribution in [0.5, 0.6) is 0 Å². The second-order valence-corrected chi connectivity index (χ2v) is 14.9. The summed E-state index contributed by atoms with van der Waals surface area (Å²) in [6.07, 6.45) is 2.33. The normalized spacial score (nSPS) is 17.0. The van der Waals surface area contributed by atoms with Crippen LogP contribution in [0.2, 0.25) is 0 Å². The van der Waals surface area contributed by atoms with Crippen molar-refractivity contribution >= 4 is 65.2 Å². The number of carbonyl (C=O) groups is 11. The molecule has 1 aliphatic heterocycles. The van der Waals surface area contributed by atoms with Gasteiger partial charge in [0.05, 0.1) is 19.0 Å². The minimum absolute atomic E-state index is 0.00199. The number of carboxylic acid groups (broad SMARTS) is 2. The number of carboxylic acids is 2. The molecule has 334 valence electrons. The van der Waals surface area contributed by atoms with E-state index < -0.39 is 90.9 Å². The van der Waals surface area contributed by atoms with E-state index in [1.807, 2.05) is 13.0 Å². The molecule has 21 nitrogen and oxygen atoms in total. The number of unbranched alkanes of at least 4 members (excludes halogenated alkanes) is 2. The molecule has 1 heterocycles. The third kappa shape index (κ3) is 17.8. The van der Waals surface area contributed by atoms with Crippen molar-refractivity contribution in [3.05, 3.63) is 35.4 Å². The van der Waals surface area contributed by atoms with Gasteiger partial charge < -0.3 is 47.0 Å². The Morgan fingerprint density at radius 1 is 0.705 bits per heavy atom. The quantitative estimate of drug-likeness (QED) is 0.0465. The Labute approximate surface area is 351 Å². The van der Waals surface area contributed by atoms with Crippen molar-refractivity contribution in [2.45, 2.75) is 109 Å². The average molecular weight is 858 g/mol. The highest BCUT2D eigenvalue weighted by molar-refractivity contribution is 6.01. The maximum Gasteiger partial charge on any atom is 0.336 e. The number of hydrogen-bond acceptors (Lipinski definition) is 12. The Morgan fingerprint density at radius 3 is 1.95 bits per heavy atom. The number of amides is 8. The summed E-state index contributed by atoms with van der Waals surface area (Å²) >= 11 is 0. The lowest BCUT2D eigenvalue weighted by atomic mass is 9.81. The molecule has 2 aliphatic rings. The number of nitrogens with one attached hydrogen (secondary N) is 6. The highest BCUT2D eigenvalue weighted by atomic mass is 16.7. The molecule has 21 heteroatoms. The summed E-state index contributed by atoms with van der Waals surface area (Å²) < 4.78 is 0. The molecule has 2 fully saturated rings. The number of rotatable bonds is 25. The Hall–Kier alpha value is -6.41. The number of aryl methyl sites for hydroxylation is 1. The van der Waals surface area contributed by atoms with E-state index in [9.17, 15) is 57.8 Å². The van der Waals surface area contributed by atoms with Crippen LogP contribution >= 0.6 is 0 Å². The summed E-state index contributed by atoms with van der Waals surface area (Å²) in [5, 5.41) is 34.1. The third-order valence-corrected chi connectivity index (χ3v) is 10.0. The average Bonchev–Trinajstić information content (AvgIpc) is 3.54. The molecule has 1 saturated heterocycles. The van der Waals surface area contributed by atoms with Gasteiger partial charge in [-0.3, -0.25) is 43.2 Å². The highest BCUT2D eigenvalue weighted by Crippen LogP contribution is 2.30. The number of nitrogens with zero attached hydrogens (tertiary/aromatic N) is 1. The number of hydroxylamine groups is 2. The van der Waals surface area contributed by atoms with Gasteiger partial charge in [-0.05, 0) is 83.3 Å². The van der Waals surface area contributed by atoms with E-state index in [1.165, 1.54) is 0 Å². The van der Waals surface area contributed by atoms with Crippen LogP contribution in [0.4, 0.5) is 0 Å². The molecular formula is C40H55N7O14. The van der Waals surface area contributed by atoms with E-state index in [2.05, 4.69) is 31.9 Å². The van der Waals surface area contributed by atoms with Gasteiger partial charge in [0, 0.05) is 50.3 Å². The van der Waals surface area contributed by atoms with E-state index >= 15 is 0 Å². The third-order valence-electron chi connectivity index (χ3n) is 10.0. The molecule has 1 unspecified atom stereocenters. The fraction of sp³-hybridized carbons (Fsp3) is 0.575. The van der Waals surface area contributed by atoms with Gasteiger partial charge in [-0.15, -0.1) is 5.06 Å². The van der Waals surface area contributed by atoms with Crippen molar-refractivity contribution in [3.63, 3.8) is 0 Å². The van der Waals surface area contributed by atoms with Crippen LogP contribution in [0.1, 0.15) is 106 Å². The molecule has 61 heavy (non-hydrogen) atoms. The molecule has 0 aromatic heterocycles. The molecule has 8 N–H and O–H groups in total. The molecule has 1 aromatic rings. The van der Waals surface area contributed by atoms with Crippen molar-refractivity contribution in [1.29, 1.82) is 0 Å². The maximum absolute atomic E-state index is 12.8. The van der Waals surface area contributed by atoms with E-state index in [0.717, 1.165) is 5.56 Å². The number of benzene rings is 1. The van der Waals surface area contributed by atoms with Crippen molar-refractivity contribution in [2.24, 2.45) is 11.8 Å². The zero-order valence-corrected chi connectivity index (χ0v) is 34.1. The van der Waals surface area contributed by atoms with Crippen LogP contribution in [0.3, 0.4) is 0 Å². The predicted molar refractivity (Wildman–Crippen MR) is 211 cm³/mol. The number of carbonyl (C=O) groups excluding carboxylic acids is 9. The van der Waals surface area contributed by atoms with E-state index in [1.54, 1.807) is 18.2 Å². The smallest absolute Gasteiger partial charge is 0.336 e. The first kappa shape index (κ1) is 49.0. The van der Waals surface area contributed by atoms with Gasteiger partial charge in [-0.1, -0.05) is 17.7 Å². The molecule has 0 bridgehead atoms. The molecule has 8 amide bonds. The molecule has 1 aliphatic carbocycles. The number of aliphatic carboxylic acids is 2. The van der Waals surface area contributed by atoms with Crippen LogP contribution in [-0.2, 0) is 52.8 Å². The van der Waals surface area contributed by atoms with E-state index in [4.69, 9.17) is 9.94 Å². The molecule has 1 aromatic carbocycles. The van der Waals surface area contributed by atoms with Gasteiger partial charge in [0.1, 0.15) is 12.1 Å². The summed E-state index contributed by atoms with van der Waals surface area (Å²) in [5.41, 5.74) is 1.42. The molecule has 0 radical (unpaired) electrons. The topological polar surface area (TPSA) is 313 Å². The summed E-state index contributed by atoms with van der Waals surface area (Å²) in [6, 6.07) is 4.35. The SMILES string of the molecule is Cc1cccc(C(=O)NCCCCC(NC(=O)CNC(=O)[C@@H](CCC(=O)O)NC(=O)CNC(=O)CCCCNC(=O)C2CCC(C(=O)ON3C(=O)CCC3=O)CC2)C(=O)O)c1. The van der Waals surface area contributed by atoms with Crippen molar-refractivity contribution in [1.82, 2.24) is 37.0 Å². The predicted octanol–water partition coefficient (Wildman–Crippen LogP) is -0.253. The van der Waals surface area contributed by atoms with Crippen molar-refractivity contribution < 1.29 is 67.8 Å². The van der Waals surface area contributed by atoms with Crippen LogP contribution in [0.25, 0.3) is 0 Å². The van der Waals surface area contributed by atoms with Crippen LogP contribution in [0, 0.1) is 18.8 Å². The van der Waals surface area contributed by atoms with Gasteiger partial charge in [0.15, 0.2) is 0 Å². The Kier molecular flexibility index (Phi) is 20.3. The highest BCUT2D eigenvalue weighted by Gasteiger charge is 2.37. The second-order valence-electron chi connectivity index (χ2n) is 14.9. The zero-order chi connectivity index (χ0) is 44.9. The van der Waals surface area contributed by atoms with Gasteiger partial charge >= 0.3 is 17.9 Å². The summed E-state index contributed by atoms with van der Waals surface area (Å²) in [5.74, 6) is -8.73. The largest absolute Gasteiger partial charge is 0.481 e. The molecule has 1 saturated carbocycles. The summed E-state index contributed by atoms with van der Waals surface area (Å²) in [7, 11) is 0. The van der Waals surface area contributed by atoms with Crippen LogP contribution in [-0.4, -0.2) is 119 Å². The van der Waals surface area contributed by atoms with Crippen LogP contribution < -0.4 is 31.9 Å². The molecular weight excluding hydrogens is 802 g/mol. The summed E-state index contributed by atoms with van der Waals surface area (Å²) in [6.45, 7) is 1.21. The Morgan fingerprint density at radius 2 is 1.31 bits per heavy atom. The lowest BCUT2D eigenvalue weighted by Crippen LogP contribution is -2.52. The van der Waals surface area contributed by atoms with Crippen molar-refractivity contribution in [3.8, 4) is 0 Å². The van der Waals surface area contributed by atoms with Crippen LogP contribution in [0.15, 0.2) is 24.3 Å². The van der Waals surface area contributed by atoms with E-state index in [-0.39, 0.29) is 62.9 Å². The minimum atomic E-state index is -1.39. The molecule has 2 atom stereocenters. The monoisotopic (exact) mass is 857 g/mol. The molecule has 3 rings (SSSR count). The summed E-state index contributed by atoms with van der Waals surface area (Å²) in [4.78, 5) is 139. The first-order valence-corrected chi connectivity index (χ1v) is 20.3. The van der Waals surface area contributed by atoms with Crippen molar-refractivity contribution in [2.75, 3.05) is 26.2 Å². The van der Waals surface area contributed by atoms with Gasteiger partial charge in [0.2, 0.25) is 29.5 Å². The van der Waals surface area contributed by atoms with Gasteiger partial charge in [0.25, 0.3) is 17.7 Å². The first-order chi connectivity index (χ1) is 29.0. The number of imide groups is 1.